The molecule has 100 valence electrons. The summed E-state index contributed by atoms with van der Waals surface area (Å²) in [6.45, 7) is 5.27. The molecule has 0 amide bonds. The Labute approximate surface area is 106 Å². The van der Waals surface area contributed by atoms with Crippen LogP contribution in [0.25, 0.3) is 0 Å². The van der Waals surface area contributed by atoms with E-state index in [0.717, 1.165) is 0 Å². The number of carbonyl (C=O) groups excluding carboxylic acids is 3. The minimum Gasteiger partial charge on any atom is -0.493 e. The highest BCUT2D eigenvalue weighted by atomic mass is 16.5. The van der Waals surface area contributed by atoms with Crippen molar-refractivity contribution in [3.63, 3.8) is 0 Å². The number of methoxy groups -OCH3 is 1. The van der Waals surface area contributed by atoms with Crippen LogP contribution < -0.4 is 0 Å². The third-order valence-electron chi connectivity index (χ3n) is 3.06. The van der Waals surface area contributed by atoms with Crippen LogP contribution in [0.3, 0.4) is 0 Å². The van der Waals surface area contributed by atoms with Crippen molar-refractivity contribution in [3.8, 4) is 0 Å². The molecule has 1 aliphatic rings. The van der Waals surface area contributed by atoms with Gasteiger partial charge in [0.05, 0.1) is 13.7 Å². The lowest BCUT2D eigenvalue weighted by molar-refractivity contribution is -0.159. The fraction of sp³-hybridized carbons (Fsp3) is 0.615. The van der Waals surface area contributed by atoms with Crippen LogP contribution in [0.1, 0.15) is 27.2 Å². The minimum absolute atomic E-state index is 0.110. The summed E-state index contributed by atoms with van der Waals surface area (Å²) in [7, 11) is 1.37. The maximum absolute atomic E-state index is 12.1. The smallest absolute Gasteiger partial charge is 0.375 e. The summed E-state index contributed by atoms with van der Waals surface area (Å²) in [5.41, 5.74) is -0.608. The third kappa shape index (κ3) is 2.60. The number of Topliss-reactive ketones (excluding diaryl/α,β-unsaturated/α-hetero) is 2. The second kappa shape index (κ2) is 5.33. The molecular formula is C13H18O5. The van der Waals surface area contributed by atoms with Gasteiger partial charge >= 0.3 is 5.97 Å². The van der Waals surface area contributed by atoms with E-state index < -0.39 is 28.9 Å². The van der Waals surface area contributed by atoms with Gasteiger partial charge in [0, 0.05) is 0 Å². The second-order valence-corrected chi connectivity index (χ2v) is 4.85. The lowest BCUT2D eigenvalue weighted by Crippen LogP contribution is -2.44. The van der Waals surface area contributed by atoms with Gasteiger partial charge in [0.15, 0.2) is 5.76 Å². The van der Waals surface area contributed by atoms with Crippen molar-refractivity contribution < 1.29 is 23.9 Å². The minimum atomic E-state index is -1.03. The van der Waals surface area contributed by atoms with Crippen LogP contribution in [0.4, 0.5) is 0 Å². The number of esters is 1. The summed E-state index contributed by atoms with van der Waals surface area (Å²) in [5.74, 6) is -3.10. The number of allylic oxidation sites excluding steroid dienone is 2. The molecule has 0 N–H and O–H groups in total. The fourth-order valence-corrected chi connectivity index (χ4v) is 2.05. The molecule has 0 fully saturated rings. The Hall–Kier alpha value is -1.65. The summed E-state index contributed by atoms with van der Waals surface area (Å²) in [4.78, 5) is 35.6. The molecule has 0 unspecified atom stereocenters. The molecule has 0 aromatic carbocycles. The maximum atomic E-state index is 12.1. The molecule has 0 bridgehead atoms. The Morgan fingerprint density at radius 3 is 2.56 bits per heavy atom. The third-order valence-corrected chi connectivity index (χ3v) is 3.06. The summed E-state index contributed by atoms with van der Waals surface area (Å²) in [6, 6.07) is 0. The first-order chi connectivity index (χ1) is 8.35. The zero-order valence-corrected chi connectivity index (χ0v) is 11.1. The predicted molar refractivity (Wildman–Crippen MR) is 63.6 cm³/mol. The Morgan fingerprint density at radius 2 is 2.06 bits per heavy atom. The van der Waals surface area contributed by atoms with Gasteiger partial charge in [0.25, 0.3) is 5.78 Å². The average Bonchev–Trinajstić information content (AvgIpc) is 2.28. The molecule has 5 nitrogen and oxygen atoms in total. The van der Waals surface area contributed by atoms with E-state index in [-0.39, 0.29) is 12.4 Å². The van der Waals surface area contributed by atoms with E-state index in [9.17, 15) is 14.4 Å². The molecule has 0 heterocycles. The first-order valence-electron chi connectivity index (χ1n) is 5.84. The van der Waals surface area contributed by atoms with Crippen LogP contribution in [0.5, 0.6) is 0 Å². The van der Waals surface area contributed by atoms with Gasteiger partial charge in [-0.1, -0.05) is 13.8 Å². The number of hydrogen-bond donors (Lipinski definition) is 0. The van der Waals surface area contributed by atoms with Crippen LogP contribution in [0, 0.1) is 11.3 Å². The first-order valence-corrected chi connectivity index (χ1v) is 5.84. The zero-order valence-electron chi connectivity index (χ0n) is 11.1. The highest BCUT2D eigenvalue weighted by Crippen LogP contribution is 2.38. The molecule has 0 saturated carbocycles. The van der Waals surface area contributed by atoms with Crippen LogP contribution in [-0.4, -0.2) is 31.3 Å². The summed E-state index contributed by atoms with van der Waals surface area (Å²) < 4.78 is 9.59. The van der Waals surface area contributed by atoms with Crippen molar-refractivity contribution in [1.29, 1.82) is 0 Å². The van der Waals surface area contributed by atoms with Gasteiger partial charge in [-0.05, 0) is 24.8 Å². The van der Waals surface area contributed by atoms with Crippen LogP contribution in [0.15, 0.2) is 11.8 Å². The molecule has 0 aromatic heterocycles. The monoisotopic (exact) mass is 254 g/mol. The second-order valence-electron chi connectivity index (χ2n) is 4.85. The van der Waals surface area contributed by atoms with Crippen molar-refractivity contribution in [2.45, 2.75) is 27.2 Å². The van der Waals surface area contributed by atoms with Crippen LogP contribution >= 0.6 is 0 Å². The predicted octanol–water partition coefficient (Wildman–Crippen LogP) is 1.26. The van der Waals surface area contributed by atoms with Gasteiger partial charge in [-0.3, -0.25) is 9.59 Å². The van der Waals surface area contributed by atoms with E-state index >= 15 is 0 Å². The van der Waals surface area contributed by atoms with Crippen molar-refractivity contribution >= 4 is 17.5 Å². The number of ketones is 2. The number of hydrogen-bond acceptors (Lipinski definition) is 5. The summed E-state index contributed by atoms with van der Waals surface area (Å²) in [5, 5.41) is 0. The standard InChI is InChI=1S/C13H18O5/c1-5-18-12(16)11(15)9-10(14)8(17-4)6-7-13(9,2)3/h6,9H,5,7H2,1-4H3/t9-/m0/s1. The normalized spacial score (nSPS) is 22.1. The largest absolute Gasteiger partial charge is 0.493 e. The van der Waals surface area contributed by atoms with Crippen molar-refractivity contribution in [1.82, 2.24) is 0 Å². The SMILES string of the molecule is CCOC(=O)C(=O)[C@@H]1C(=O)C(OC)=CCC1(C)C. The number of ether oxygens (including phenoxy) is 2. The molecule has 1 aliphatic carbocycles. The number of rotatable bonds is 4. The van der Waals surface area contributed by atoms with Crippen molar-refractivity contribution in [2.75, 3.05) is 13.7 Å². The molecule has 18 heavy (non-hydrogen) atoms. The quantitative estimate of drug-likeness (QED) is 0.429. The van der Waals surface area contributed by atoms with Crippen molar-refractivity contribution in [2.24, 2.45) is 11.3 Å². The van der Waals surface area contributed by atoms with E-state index in [1.54, 1.807) is 26.8 Å². The van der Waals surface area contributed by atoms with Crippen LogP contribution in [-0.2, 0) is 23.9 Å². The van der Waals surface area contributed by atoms with Crippen LogP contribution in [0.2, 0.25) is 0 Å². The maximum Gasteiger partial charge on any atom is 0.375 e. The van der Waals surface area contributed by atoms with Gasteiger partial charge in [-0.25, -0.2) is 4.79 Å². The molecule has 0 aliphatic heterocycles. The Morgan fingerprint density at radius 1 is 1.44 bits per heavy atom. The molecule has 5 heteroatoms. The Kier molecular flexibility index (Phi) is 4.27. The lowest BCUT2D eigenvalue weighted by Gasteiger charge is -2.34. The molecule has 0 radical (unpaired) electrons. The van der Waals surface area contributed by atoms with E-state index in [0.29, 0.717) is 6.42 Å². The summed E-state index contributed by atoms with van der Waals surface area (Å²) >= 11 is 0. The van der Waals surface area contributed by atoms with Gasteiger partial charge in [0.1, 0.15) is 5.92 Å². The first kappa shape index (κ1) is 14.4. The van der Waals surface area contributed by atoms with E-state index in [1.165, 1.54) is 7.11 Å². The molecule has 1 rings (SSSR count). The van der Waals surface area contributed by atoms with Gasteiger partial charge in [-0.2, -0.15) is 0 Å². The Bertz CT molecular complexity index is 406. The lowest BCUT2D eigenvalue weighted by atomic mass is 9.68. The van der Waals surface area contributed by atoms with E-state index in [4.69, 9.17) is 4.74 Å². The van der Waals surface area contributed by atoms with E-state index in [2.05, 4.69) is 4.74 Å². The average molecular weight is 254 g/mol. The number of carbonyl (C=O) groups is 3. The van der Waals surface area contributed by atoms with Gasteiger partial charge < -0.3 is 9.47 Å². The fourth-order valence-electron chi connectivity index (χ4n) is 2.05. The van der Waals surface area contributed by atoms with Gasteiger partial charge in [-0.15, -0.1) is 0 Å². The topological polar surface area (TPSA) is 69.7 Å². The van der Waals surface area contributed by atoms with Crippen molar-refractivity contribution in [3.05, 3.63) is 11.8 Å². The highest BCUT2D eigenvalue weighted by molar-refractivity contribution is 6.39. The van der Waals surface area contributed by atoms with Gasteiger partial charge in [0.2, 0.25) is 5.78 Å². The molecule has 0 saturated heterocycles. The molecule has 0 spiro atoms. The Balaban J connectivity index is 3.04. The summed E-state index contributed by atoms with van der Waals surface area (Å²) in [6.07, 6.45) is 2.15. The van der Waals surface area contributed by atoms with E-state index in [1.807, 2.05) is 0 Å². The molecular weight excluding hydrogens is 236 g/mol. The zero-order chi connectivity index (χ0) is 13.9. The molecule has 0 aromatic rings. The molecule has 1 atom stereocenters. The highest BCUT2D eigenvalue weighted by Gasteiger charge is 2.47.